The van der Waals surface area contributed by atoms with Crippen molar-refractivity contribution in [2.24, 2.45) is 0 Å². The molecule has 0 spiro atoms. The fourth-order valence-corrected chi connectivity index (χ4v) is 5.85. The third kappa shape index (κ3) is 6.00. The number of rotatable bonds is 9. The maximum atomic E-state index is 15.4. The van der Waals surface area contributed by atoms with Gasteiger partial charge in [-0.05, 0) is 6.07 Å². The molecule has 184 valence electrons. The second-order valence-corrected chi connectivity index (χ2v) is 10.9. The Morgan fingerprint density at radius 3 is 2.28 bits per heavy atom. The second kappa shape index (κ2) is 9.09. The summed E-state index contributed by atoms with van der Waals surface area (Å²) >= 11 is 5.64. The van der Waals surface area contributed by atoms with E-state index in [9.17, 15) is 33.6 Å². The third-order valence-electron chi connectivity index (χ3n) is 3.82. The molecule has 1 aromatic heterocycles. The van der Waals surface area contributed by atoms with Crippen LogP contribution in [0.15, 0.2) is 17.1 Å². The quantitative estimate of drug-likeness (QED) is 0.136. The molecule has 0 bridgehead atoms. The number of alkyl halides is 2. The molecular weight excluding hydrogens is 533 g/mol. The summed E-state index contributed by atoms with van der Waals surface area (Å²) in [5.74, 6) is -4.81. The third-order valence-corrected chi connectivity index (χ3v) is 8.05. The van der Waals surface area contributed by atoms with E-state index in [-0.39, 0.29) is 10.4 Å². The Kier molecular flexibility index (Phi) is 7.80. The van der Waals surface area contributed by atoms with Gasteiger partial charge < -0.3 is 40.3 Å². The molecule has 1 aliphatic heterocycles. The van der Waals surface area contributed by atoms with Gasteiger partial charge in [-0.25, -0.2) is 23.1 Å². The number of anilines is 1. The van der Waals surface area contributed by atoms with Crippen LogP contribution in [-0.4, -0.2) is 69.6 Å². The Labute approximate surface area is 181 Å². The molecule has 6 atom stereocenters. The highest BCUT2D eigenvalue weighted by Crippen LogP contribution is 2.66. The van der Waals surface area contributed by atoms with E-state index in [1.807, 2.05) is 0 Å². The molecular formula is C10H16ClFN3O14P3. The Bertz CT molecular complexity index is 1070. The molecule has 0 saturated carbocycles. The van der Waals surface area contributed by atoms with Crippen molar-refractivity contribution in [1.82, 2.24) is 9.55 Å². The Morgan fingerprint density at radius 2 is 1.78 bits per heavy atom. The van der Waals surface area contributed by atoms with Gasteiger partial charge in [0.1, 0.15) is 17.5 Å². The molecule has 22 heteroatoms. The van der Waals surface area contributed by atoms with Gasteiger partial charge in [0.15, 0.2) is 6.10 Å². The summed E-state index contributed by atoms with van der Waals surface area (Å²) in [5.41, 5.74) is 1.35. The van der Waals surface area contributed by atoms with Crippen molar-refractivity contribution >= 4 is 40.9 Å². The first-order valence-corrected chi connectivity index (χ1v) is 12.9. The fraction of sp³-hybridized carbons (Fsp3) is 0.600. The second-order valence-electron chi connectivity index (χ2n) is 6.17. The zero-order chi connectivity index (χ0) is 24.8. The lowest BCUT2D eigenvalue weighted by molar-refractivity contribution is -0.259. The van der Waals surface area contributed by atoms with Crippen molar-refractivity contribution in [3.8, 4) is 0 Å². The summed E-state index contributed by atoms with van der Waals surface area (Å²) in [6.07, 6.45) is -4.16. The maximum Gasteiger partial charge on any atom is 0.490 e. The minimum atomic E-state index is -5.87. The molecule has 0 aliphatic carbocycles. The van der Waals surface area contributed by atoms with E-state index >= 15 is 4.39 Å². The number of nitrogen functional groups attached to an aromatic ring is 1. The number of nitrogens with two attached hydrogens (primary N) is 1. The minimum Gasteiger partial charge on any atom is -0.387 e. The summed E-state index contributed by atoms with van der Waals surface area (Å²) in [6.45, 7) is -1.42. The average Bonchev–Trinajstić information content (AvgIpc) is 2.79. The van der Waals surface area contributed by atoms with Gasteiger partial charge in [-0.3, -0.25) is 4.52 Å². The largest absolute Gasteiger partial charge is 0.490 e. The first kappa shape index (κ1) is 27.4. The van der Waals surface area contributed by atoms with Crippen molar-refractivity contribution in [1.29, 1.82) is 0 Å². The number of aromatic nitrogens is 2. The molecule has 1 aromatic rings. The van der Waals surface area contributed by atoms with Gasteiger partial charge in [-0.2, -0.15) is 18.0 Å². The molecule has 1 saturated heterocycles. The summed E-state index contributed by atoms with van der Waals surface area (Å²) in [6, 6.07) is 0.942. The van der Waals surface area contributed by atoms with E-state index in [0.717, 1.165) is 6.07 Å². The summed E-state index contributed by atoms with van der Waals surface area (Å²) in [4.78, 5) is 50.8. The lowest BCUT2D eigenvalue weighted by atomic mass is 9.98. The lowest BCUT2D eigenvalue weighted by Gasteiger charge is -2.30. The smallest absolute Gasteiger partial charge is 0.387 e. The zero-order valence-corrected chi connectivity index (χ0v) is 18.7. The van der Waals surface area contributed by atoms with Gasteiger partial charge in [0.05, 0.1) is 12.5 Å². The number of ether oxygens (including phenoxy) is 1. The highest BCUT2D eigenvalue weighted by atomic mass is 35.5. The van der Waals surface area contributed by atoms with Crippen molar-refractivity contribution in [3.05, 3.63) is 22.7 Å². The molecule has 17 nitrogen and oxygen atoms in total. The summed E-state index contributed by atoms with van der Waals surface area (Å²) in [7, 11) is -17.2. The molecule has 0 radical (unpaired) electrons. The van der Waals surface area contributed by atoms with Crippen LogP contribution in [0.3, 0.4) is 0 Å². The monoisotopic (exact) mass is 549 g/mol. The van der Waals surface area contributed by atoms with E-state index in [1.54, 1.807) is 0 Å². The fourth-order valence-electron chi connectivity index (χ4n) is 2.48. The van der Waals surface area contributed by atoms with E-state index in [0.29, 0.717) is 6.20 Å². The number of hydrogen-bond donors (Lipinski definition) is 7. The number of nitrogens with zero attached hydrogens (tertiary/aromatic N) is 2. The van der Waals surface area contributed by atoms with E-state index < -0.39 is 65.4 Å². The van der Waals surface area contributed by atoms with E-state index in [2.05, 4.69) is 18.1 Å². The van der Waals surface area contributed by atoms with E-state index in [1.165, 1.54) is 0 Å². The standard InChI is InChI=1S/C10H16ClFN3O14P3/c11-3-9(4-26-31(22,23)29-32(24,25)28-30(19,20)21)6(16)7(17)10(12,27-9)15-2-1-5(13)14-8(15)18/h1-2,6-7,16-17H,3-4H2,(H,22,23)(H,24,25)(H2,13,14,18)(H2,19,20,21)/t6-,7+,9+,10-/m0/s1. The van der Waals surface area contributed by atoms with Crippen LogP contribution >= 0.6 is 35.1 Å². The number of phosphoric ester groups is 1. The molecule has 1 fully saturated rings. The van der Waals surface area contributed by atoms with Crippen LogP contribution in [0.1, 0.15) is 0 Å². The lowest BCUT2D eigenvalue weighted by Crippen LogP contribution is -2.48. The zero-order valence-electron chi connectivity index (χ0n) is 15.2. The van der Waals surface area contributed by atoms with Crippen LogP contribution in [0.2, 0.25) is 0 Å². The molecule has 32 heavy (non-hydrogen) atoms. The number of hydrogen-bond acceptors (Lipinski definition) is 12. The van der Waals surface area contributed by atoms with Gasteiger partial charge in [-0.15, -0.1) is 11.6 Å². The molecule has 1 aliphatic rings. The number of aliphatic hydroxyl groups excluding tert-OH is 2. The van der Waals surface area contributed by atoms with Gasteiger partial charge in [0.2, 0.25) is 0 Å². The molecule has 2 unspecified atom stereocenters. The van der Waals surface area contributed by atoms with Crippen LogP contribution in [0, 0.1) is 0 Å². The van der Waals surface area contributed by atoms with Crippen molar-refractivity contribution in [2.45, 2.75) is 23.8 Å². The number of phosphoric acid groups is 3. The molecule has 8 N–H and O–H groups in total. The molecule has 2 heterocycles. The van der Waals surface area contributed by atoms with Gasteiger partial charge >= 0.3 is 35.1 Å². The Morgan fingerprint density at radius 1 is 1.19 bits per heavy atom. The highest BCUT2D eigenvalue weighted by Gasteiger charge is 2.65. The topological polar surface area (TPSA) is 270 Å². The first-order valence-electron chi connectivity index (χ1n) is 7.82. The summed E-state index contributed by atoms with van der Waals surface area (Å²) < 4.78 is 65.6. The van der Waals surface area contributed by atoms with Crippen LogP contribution in [0.4, 0.5) is 10.2 Å². The van der Waals surface area contributed by atoms with Gasteiger partial charge in [0.25, 0.3) is 0 Å². The van der Waals surface area contributed by atoms with Gasteiger partial charge in [-0.1, -0.05) is 0 Å². The first-order chi connectivity index (χ1) is 14.4. The normalized spacial score (nSPS) is 32.4. The average molecular weight is 550 g/mol. The van der Waals surface area contributed by atoms with E-state index in [4.69, 9.17) is 36.8 Å². The summed E-state index contributed by atoms with van der Waals surface area (Å²) in [5, 5.41) is 20.4. The van der Waals surface area contributed by atoms with Crippen LogP contribution in [-0.2, 0) is 37.6 Å². The molecule has 0 aromatic carbocycles. The van der Waals surface area contributed by atoms with Crippen LogP contribution < -0.4 is 11.4 Å². The van der Waals surface area contributed by atoms with Gasteiger partial charge in [0, 0.05) is 6.20 Å². The van der Waals surface area contributed by atoms with Crippen molar-refractivity contribution in [3.63, 3.8) is 0 Å². The Balaban J connectivity index is 2.28. The SMILES string of the molecule is Nc1ccn([C@]2(F)O[C@](CCl)(COP(=O)(O)OP(=O)(O)OP(=O)(O)O)[C@@H](O)[C@H]2O)c(=O)n1. The number of aliphatic hydroxyl groups is 2. The minimum absolute atomic E-state index is 0.0936. The van der Waals surface area contributed by atoms with Crippen LogP contribution in [0.5, 0.6) is 0 Å². The maximum absolute atomic E-state index is 15.4. The van der Waals surface area contributed by atoms with Crippen molar-refractivity contribution in [2.75, 3.05) is 18.2 Å². The predicted molar refractivity (Wildman–Crippen MR) is 98.4 cm³/mol. The highest BCUT2D eigenvalue weighted by molar-refractivity contribution is 7.66. The Hall–Kier alpha value is -0.810. The molecule has 2 rings (SSSR count). The molecule has 0 amide bonds. The number of halogens is 2. The van der Waals surface area contributed by atoms with Crippen LogP contribution in [0.25, 0.3) is 0 Å². The van der Waals surface area contributed by atoms with Crippen molar-refractivity contribution < 1.29 is 65.8 Å². The predicted octanol–water partition coefficient (Wildman–Crippen LogP) is -1.52.